The molecule has 0 radical (unpaired) electrons. The zero-order chi connectivity index (χ0) is 17.4. The summed E-state index contributed by atoms with van der Waals surface area (Å²) in [6.45, 7) is 6.13. The molecule has 1 fully saturated rings. The predicted molar refractivity (Wildman–Crippen MR) is 95.5 cm³/mol. The Kier molecular flexibility index (Phi) is 7.09. The third-order valence-electron chi connectivity index (χ3n) is 4.77. The minimum absolute atomic E-state index is 0.136. The van der Waals surface area contributed by atoms with Crippen LogP contribution in [0.1, 0.15) is 45.1 Å². The van der Waals surface area contributed by atoms with Crippen LogP contribution in [0.2, 0.25) is 0 Å². The Bertz CT molecular complexity index is 521. The van der Waals surface area contributed by atoms with E-state index in [0.717, 1.165) is 44.3 Å². The Hall–Kier alpha value is -2.04. The summed E-state index contributed by atoms with van der Waals surface area (Å²) in [5.74, 6) is 0.413. The number of rotatable bonds is 6. The van der Waals surface area contributed by atoms with Crippen LogP contribution in [0.5, 0.6) is 0 Å². The fourth-order valence-electron chi connectivity index (χ4n) is 3.15. The van der Waals surface area contributed by atoms with Crippen molar-refractivity contribution in [1.29, 1.82) is 0 Å². The second kappa shape index (κ2) is 9.30. The first-order valence-corrected chi connectivity index (χ1v) is 9.01. The standard InChI is InChI=1S/C19H29N3O2/c1-3-16(4-2)18(23)22-12-10-17(11-13-22)21-19(24)20-14-15-8-6-5-7-9-15/h5-9,16-17H,3-4,10-14H2,1-2H3,(H2,20,21,24). The molecule has 1 aromatic carbocycles. The smallest absolute Gasteiger partial charge is 0.315 e. The second-order valence-electron chi connectivity index (χ2n) is 6.43. The Morgan fingerprint density at radius 3 is 2.33 bits per heavy atom. The van der Waals surface area contributed by atoms with Crippen molar-refractivity contribution in [2.45, 2.75) is 52.1 Å². The highest BCUT2D eigenvalue weighted by molar-refractivity contribution is 5.79. The van der Waals surface area contributed by atoms with Crippen molar-refractivity contribution in [2.75, 3.05) is 13.1 Å². The third-order valence-corrected chi connectivity index (χ3v) is 4.77. The molecule has 5 nitrogen and oxygen atoms in total. The summed E-state index contributed by atoms with van der Waals surface area (Å²) in [5, 5.41) is 5.90. The normalized spacial score (nSPS) is 15.4. The molecule has 5 heteroatoms. The number of nitrogens with zero attached hydrogens (tertiary/aromatic N) is 1. The van der Waals surface area contributed by atoms with Gasteiger partial charge in [0.25, 0.3) is 0 Å². The Labute approximate surface area is 144 Å². The van der Waals surface area contributed by atoms with Crippen molar-refractivity contribution in [1.82, 2.24) is 15.5 Å². The van der Waals surface area contributed by atoms with Gasteiger partial charge in [-0.2, -0.15) is 0 Å². The van der Waals surface area contributed by atoms with Crippen molar-refractivity contribution in [3.8, 4) is 0 Å². The third kappa shape index (κ3) is 5.25. The molecular weight excluding hydrogens is 302 g/mol. The molecule has 1 saturated heterocycles. The van der Waals surface area contributed by atoms with Crippen LogP contribution in [0.25, 0.3) is 0 Å². The largest absolute Gasteiger partial charge is 0.342 e. The molecule has 1 aliphatic rings. The zero-order valence-electron chi connectivity index (χ0n) is 14.8. The van der Waals surface area contributed by atoms with Crippen LogP contribution in [0, 0.1) is 5.92 Å². The van der Waals surface area contributed by atoms with Gasteiger partial charge < -0.3 is 15.5 Å². The summed E-state index contributed by atoms with van der Waals surface area (Å²) in [5.41, 5.74) is 1.08. The number of nitrogens with one attached hydrogen (secondary N) is 2. The van der Waals surface area contributed by atoms with Gasteiger partial charge >= 0.3 is 6.03 Å². The van der Waals surface area contributed by atoms with Crippen LogP contribution in [0.4, 0.5) is 4.79 Å². The molecule has 0 saturated carbocycles. The molecule has 2 rings (SSSR count). The molecule has 0 atom stereocenters. The van der Waals surface area contributed by atoms with Gasteiger partial charge in [-0.25, -0.2) is 4.79 Å². The highest BCUT2D eigenvalue weighted by atomic mass is 16.2. The topological polar surface area (TPSA) is 61.4 Å². The second-order valence-corrected chi connectivity index (χ2v) is 6.43. The van der Waals surface area contributed by atoms with Gasteiger partial charge in [0, 0.05) is 31.6 Å². The zero-order valence-corrected chi connectivity index (χ0v) is 14.8. The first-order valence-electron chi connectivity index (χ1n) is 9.01. The molecule has 1 aromatic rings. The number of carbonyl (C=O) groups excluding carboxylic acids is 2. The highest BCUT2D eigenvalue weighted by Crippen LogP contribution is 2.17. The van der Waals surface area contributed by atoms with Gasteiger partial charge in [-0.1, -0.05) is 44.2 Å². The molecule has 1 heterocycles. The number of hydrogen-bond donors (Lipinski definition) is 2. The van der Waals surface area contributed by atoms with E-state index in [1.54, 1.807) is 0 Å². The Morgan fingerprint density at radius 1 is 1.12 bits per heavy atom. The molecular formula is C19H29N3O2. The summed E-state index contributed by atoms with van der Waals surface area (Å²) in [4.78, 5) is 26.3. The summed E-state index contributed by atoms with van der Waals surface area (Å²) in [6.07, 6.45) is 3.44. The first kappa shape index (κ1) is 18.3. The lowest BCUT2D eigenvalue weighted by Gasteiger charge is -2.34. The van der Waals surface area contributed by atoms with Gasteiger partial charge in [0.1, 0.15) is 0 Å². The van der Waals surface area contributed by atoms with Gasteiger partial charge in [-0.15, -0.1) is 0 Å². The maximum atomic E-state index is 12.4. The van der Waals surface area contributed by atoms with Gasteiger partial charge in [0.05, 0.1) is 0 Å². The molecule has 0 bridgehead atoms. The van der Waals surface area contributed by atoms with Crippen molar-refractivity contribution >= 4 is 11.9 Å². The molecule has 2 N–H and O–H groups in total. The van der Waals surface area contributed by atoms with Gasteiger partial charge in [0.15, 0.2) is 0 Å². The summed E-state index contributed by atoms with van der Waals surface area (Å²) >= 11 is 0. The maximum Gasteiger partial charge on any atom is 0.315 e. The van der Waals surface area contributed by atoms with Gasteiger partial charge in [0.2, 0.25) is 5.91 Å². The highest BCUT2D eigenvalue weighted by Gasteiger charge is 2.27. The molecule has 0 spiro atoms. The van der Waals surface area contributed by atoms with Crippen molar-refractivity contribution in [3.05, 3.63) is 35.9 Å². The number of likely N-dealkylation sites (tertiary alicyclic amines) is 1. The van der Waals surface area contributed by atoms with E-state index in [0.29, 0.717) is 6.54 Å². The van der Waals surface area contributed by atoms with Crippen LogP contribution in [0.3, 0.4) is 0 Å². The summed E-state index contributed by atoms with van der Waals surface area (Å²) < 4.78 is 0. The van der Waals surface area contributed by atoms with Crippen LogP contribution < -0.4 is 10.6 Å². The molecule has 1 aliphatic heterocycles. The number of benzene rings is 1. The average molecular weight is 331 g/mol. The summed E-state index contributed by atoms with van der Waals surface area (Å²) in [6, 6.07) is 9.86. The Morgan fingerprint density at radius 2 is 1.75 bits per heavy atom. The fraction of sp³-hybridized carbons (Fsp3) is 0.579. The van der Waals surface area contributed by atoms with Crippen LogP contribution in [0.15, 0.2) is 30.3 Å². The monoisotopic (exact) mass is 331 g/mol. The van der Waals surface area contributed by atoms with Gasteiger partial charge in [-0.05, 0) is 31.2 Å². The molecule has 0 unspecified atom stereocenters. The minimum Gasteiger partial charge on any atom is -0.342 e. The van der Waals surface area contributed by atoms with E-state index in [-0.39, 0.29) is 23.9 Å². The number of hydrogen-bond acceptors (Lipinski definition) is 2. The van der Waals surface area contributed by atoms with E-state index < -0.39 is 0 Å². The molecule has 24 heavy (non-hydrogen) atoms. The average Bonchev–Trinajstić information content (AvgIpc) is 2.62. The SMILES string of the molecule is CCC(CC)C(=O)N1CCC(NC(=O)NCc2ccccc2)CC1. The van der Waals surface area contributed by atoms with Gasteiger partial charge in [-0.3, -0.25) is 4.79 Å². The lowest BCUT2D eigenvalue weighted by atomic mass is 9.98. The predicted octanol–water partition coefficient (Wildman–Crippen LogP) is 2.91. The van der Waals surface area contributed by atoms with Crippen LogP contribution in [-0.4, -0.2) is 36.0 Å². The minimum atomic E-state index is -0.136. The van der Waals surface area contributed by atoms with Crippen LogP contribution in [-0.2, 0) is 11.3 Å². The molecule has 0 aliphatic carbocycles. The van der Waals surface area contributed by atoms with E-state index in [1.807, 2.05) is 35.2 Å². The first-order chi connectivity index (χ1) is 11.6. The lowest BCUT2D eigenvalue weighted by Crippen LogP contribution is -2.50. The molecule has 3 amide bonds. The molecule has 0 aromatic heterocycles. The molecule has 132 valence electrons. The van der Waals surface area contributed by atoms with E-state index in [9.17, 15) is 9.59 Å². The number of piperidine rings is 1. The maximum absolute atomic E-state index is 12.4. The van der Waals surface area contributed by atoms with Crippen molar-refractivity contribution in [3.63, 3.8) is 0 Å². The van der Waals surface area contributed by atoms with E-state index in [2.05, 4.69) is 24.5 Å². The number of amides is 3. The fourth-order valence-corrected chi connectivity index (χ4v) is 3.15. The number of carbonyl (C=O) groups is 2. The van der Waals surface area contributed by atoms with E-state index in [1.165, 1.54) is 0 Å². The Balaban J connectivity index is 1.70. The van der Waals surface area contributed by atoms with Crippen molar-refractivity contribution < 1.29 is 9.59 Å². The van der Waals surface area contributed by atoms with E-state index >= 15 is 0 Å². The van der Waals surface area contributed by atoms with E-state index in [4.69, 9.17) is 0 Å². The summed E-state index contributed by atoms with van der Waals surface area (Å²) in [7, 11) is 0. The number of urea groups is 1. The van der Waals surface area contributed by atoms with Crippen molar-refractivity contribution in [2.24, 2.45) is 5.92 Å². The quantitative estimate of drug-likeness (QED) is 0.842. The van der Waals surface area contributed by atoms with Crippen LogP contribution >= 0.6 is 0 Å². The lowest BCUT2D eigenvalue weighted by molar-refractivity contribution is -0.136.